The molecule has 0 saturated heterocycles. The Morgan fingerprint density at radius 2 is 1.70 bits per heavy atom. The molecule has 0 heterocycles. The van der Waals surface area contributed by atoms with Crippen LogP contribution in [0.15, 0.2) is 35.2 Å². The lowest BCUT2D eigenvalue weighted by Gasteiger charge is -2.28. The Kier molecular flexibility index (Phi) is 10.7. The Hall–Kier alpha value is -1.08. The molecule has 1 fully saturated rings. The molecule has 1 aromatic carbocycles. The van der Waals surface area contributed by atoms with Crippen molar-refractivity contribution in [2.75, 3.05) is 12.9 Å². The number of rotatable bonds is 13. The van der Waals surface area contributed by atoms with E-state index < -0.39 is 17.8 Å². The summed E-state index contributed by atoms with van der Waals surface area (Å²) in [4.78, 5) is 12.3. The van der Waals surface area contributed by atoms with Crippen molar-refractivity contribution < 1.29 is 24.9 Å². The zero-order valence-corrected chi connectivity index (χ0v) is 19.2. The van der Waals surface area contributed by atoms with Crippen molar-refractivity contribution in [3.63, 3.8) is 0 Å². The number of unbranched alkanes of at least 4 members (excludes halogenated alkanes) is 3. The molecular formula is C24H38O5S. The number of carbonyl (C=O) groups is 1. The average molecular weight is 439 g/mol. The summed E-state index contributed by atoms with van der Waals surface area (Å²) in [6, 6.07) is 10.0. The first-order valence-corrected chi connectivity index (χ1v) is 12.1. The van der Waals surface area contributed by atoms with E-state index in [1.54, 1.807) is 11.8 Å². The molecule has 5 nitrogen and oxygen atoms in total. The second-order valence-electron chi connectivity index (χ2n) is 8.86. The van der Waals surface area contributed by atoms with E-state index in [1.165, 1.54) is 7.11 Å². The van der Waals surface area contributed by atoms with Gasteiger partial charge in [-0.15, -0.1) is 11.8 Å². The fourth-order valence-corrected chi connectivity index (χ4v) is 5.36. The monoisotopic (exact) mass is 438 g/mol. The number of benzene rings is 1. The summed E-state index contributed by atoms with van der Waals surface area (Å²) in [5, 5.41) is 31.7. The van der Waals surface area contributed by atoms with Crippen LogP contribution >= 0.6 is 11.8 Å². The maximum Gasteiger partial charge on any atom is 0.305 e. The van der Waals surface area contributed by atoms with E-state index in [4.69, 9.17) is 0 Å². The van der Waals surface area contributed by atoms with Crippen LogP contribution in [0.3, 0.4) is 0 Å². The minimum atomic E-state index is -0.813. The second-order valence-corrected chi connectivity index (χ2v) is 9.91. The number of thioether (sulfide) groups is 1. The van der Waals surface area contributed by atoms with E-state index in [-0.39, 0.29) is 17.8 Å². The van der Waals surface area contributed by atoms with Crippen molar-refractivity contribution in [1.82, 2.24) is 0 Å². The maximum atomic E-state index is 11.2. The van der Waals surface area contributed by atoms with Crippen LogP contribution in [0.4, 0.5) is 0 Å². The van der Waals surface area contributed by atoms with Gasteiger partial charge in [0.05, 0.1) is 24.9 Å². The zero-order chi connectivity index (χ0) is 22.0. The van der Waals surface area contributed by atoms with Gasteiger partial charge in [0.1, 0.15) is 0 Å². The first kappa shape index (κ1) is 25.2. The molecule has 30 heavy (non-hydrogen) atoms. The fourth-order valence-electron chi connectivity index (χ4n) is 4.39. The Labute approximate surface area is 185 Å². The summed E-state index contributed by atoms with van der Waals surface area (Å²) in [5.41, 5.74) is -0.813. The van der Waals surface area contributed by atoms with E-state index in [0.717, 1.165) is 37.0 Å². The van der Waals surface area contributed by atoms with Crippen LogP contribution in [0.1, 0.15) is 64.7 Å². The third kappa shape index (κ3) is 8.58. The lowest BCUT2D eigenvalue weighted by molar-refractivity contribution is -0.140. The van der Waals surface area contributed by atoms with Gasteiger partial charge in [0.25, 0.3) is 0 Å². The maximum absolute atomic E-state index is 11.2. The summed E-state index contributed by atoms with van der Waals surface area (Å²) in [7, 11) is 1.41. The Balaban J connectivity index is 1.74. The van der Waals surface area contributed by atoms with Gasteiger partial charge >= 0.3 is 5.97 Å². The molecule has 0 aromatic heterocycles. The molecule has 0 spiro atoms. The van der Waals surface area contributed by atoms with Crippen LogP contribution in [0.5, 0.6) is 0 Å². The number of carbonyl (C=O) groups excluding carboxylic acids is 1. The number of methoxy groups -OCH3 is 1. The summed E-state index contributed by atoms with van der Waals surface area (Å²) >= 11 is 1.64. The van der Waals surface area contributed by atoms with Crippen molar-refractivity contribution in [2.45, 2.75) is 87.4 Å². The molecule has 0 aliphatic heterocycles. The Bertz CT molecular complexity index is 621. The minimum absolute atomic E-state index is 0.0308. The summed E-state index contributed by atoms with van der Waals surface area (Å²) in [5.74, 6) is 0.552. The highest BCUT2D eigenvalue weighted by molar-refractivity contribution is 7.99. The van der Waals surface area contributed by atoms with Crippen molar-refractivity contribution in [2.24, 2.45) is 11.8 Å². The van der Waals surface area contributed by atoms with Crippen LogP contribution in [0.25, 0.3) is 0 Å². The largest absolute Gasteiger partial charge is 0.469 e. The van der Waals surface area contributed by atoms with Crippen molar-refractivity contribution in [1.29, 1.82) is 0 Å². The van der Waals surface area contributed by atoms with Crippen LogP contribution < -0.4 is 0 Å². The van der Waals surface area contributed by atoms with Crippen molar-refractivity contribution in [3.05, 3.63) is 30.3 Å². The van der Waals surface area contributed by atoms with E-state index >= 15 is 0 Å². The lowest BCUT2D eigenvalue weighted by Crippen LogP contribution is -2.31. The SMILES string of the molecule is COC(=O)CCCCCCC1C(O)CC(O)[C@@H]1CCC(C)(O)CSc1ccccc1. The van der Waals surface area contributed by atoms with Gasteiger partial charge in [-0.05, 0) is 63.0 Å². The lowest BCUT2D eigenvalue weighted by atomic mass is 9.83. The summed E-state index contributed by atoms with van der Waals surface area (Å²) in [6.07, 6.45) is 5.90. The van der Waals surface area contributed by atoms with Gasteiger partial charge in [-0.2, -0.15) is 0 Å². The number of hydrogen-bond donors (Lipinski definition) is 3. The first-order chi connectivity index (χ1) is 14.3. The Morgan fingerprint density at radius 1 is 1.07 bits per heavy atom. The number of hydrogen-bond acceptors (Lipinski definition) is 6. The molecule has 0 amide bonds. The summed E-state index contributed by atoms with van der Waals surface area (Å²) < 4.78 is 4.65. The fraction of sp³-hybridized carbons (Fsp3) is 0.708. The third-order valence-electron chi connectivity index (χ3n) is 6.23. The van der Waals surface area contributed by atoms with Crippen LogP contribution in [-0.2, 0) is 9.53 Å². The minimum Gasteiger partial charge on any atom is -0.469 e. The molecule has 4 unspecified atom stereocenters. The van der Waals surface area contributed by atoms with E-state index in [0.29, 0.717) is 31.4 Å². The molecule has 0 bridgehead atoms. The van der Waals surface area contributed by atoms with E-state index in [9.17, 15) is 20.1 Å². The topological polar surface area (TPSA) is 87.0 Å². The molecule has 1 aliphatic rings. The normalized spacial score (nSPS) is 25.8. The highest BCUT2D eigenvalue weighted by Crippen LogP contribution is 2.40. The van der Waals surface area contributed by atoms with Gasteiger partial charge in [0.15, 0.2) is 0 Å². The molecule has 6 heteroatoms. The quantitative estimate of drug-likeness (QED) is 0.243. The van der Waals surface area contributed by atoms with Gasteiger partial charge in [-0.1, -0.05) is 37.5 Å². The molecule has 0 radical (unpaired) electrons. The molecule has 1 aromatic rings. The van der Waals surface area contributed by atoms with Gasteiger partial charge in [-0.3, -0.25) is 4.79 Å². The highest BCUT2D eigenvalue weighted by Gasteiger charge is 2.41. The Morgan fingerprint density at radius 3 is 2.37 bits per heavy atom. The van der Waals surface area contributed by atoms with Crippen LogP contribution in [0, 0.1) is 11.8 Å². The van der Waals surface area contributed by atoms with Gasteiger partial charge in [-0.25, -0.2) is 0 Å². The van der Waals surface area contributed by atoms with Crippen LogP contribution in [0.2, 0.25) is 0 Å². The predicted octanol–water partition coefficient (Wildman–Crippen LogP) is 4.18. The van der Waals surface area contributed by atoms with Gasteiger partial charge in [0, 0.05) is 17.1 Å². The summed E-state index contributed by atoms with van der Waals surface area (Å²) in [6.45, 7) is 1.86. The molecule has 170 valence electrons. The van der Waals surface area contributed by atoms with Crippen LogP contribution in [-0.4, -0.2) is 52.0 Å². The number of aliphatic hydroxyl groups excluding tert-OH is 2. The molecule has 5 atom stereocenters. The second kappa shape index (κ2) is 12.7. The standard InChI is InChI=1S/C24H38O5S/c1-24(28,17-30-18-10-6-5-7-11-18)15-14-20-19(21(25)16-22(20)26)12-8-3-4-9-13-23(27)29-2/h5-7,10-11,19-22,25-26,28H,3-4,8-9,12-17H2,1-2H3/t19?,20-,21?,22?,24?/m1/s1. The van der Waals surface area contributed by atoms with Gasteiger partial charge < -0.3 is 20.1 Å². The van der Waals surface area contributed by atoms with Crippen molar-refractivity contribution >= 4 is 17.7 Å². The van der Waals surface area contributed by atoms with E-state index in [2.05, 4.69) is 4.74 Å². The number of esters is 1. The molecule has 1 saturated carbocycles. The van der Waals surface area contributed by atoms with Gasteiger partial charge in [0.2, 0.25) is 0 Å². The molecule has 3 N–H and O–H groups in total. The highest BCUT2D eigenvalue weighted by atomic mass is 32.2. The molecular weight excluding hydrogens is 400 g/mol. The zero-order valence-electron chi connectivity index (χ0n) is 18.3. The van der Waals surface area contributed by atoms with Crippen molar-refractivity contribution in [3.8, 4) is 0 Å². The number of ether oxygens (including phenoxy) is 1. The number of aliphatic hydroxyl groups is 3. The smallest absolute Gasteiger partial charge is 0.305 e. The first-order valence-electron chi connectivity index (χ1n) is 11.2. The molecule has 2 rings (SSSR count). The predicted molar refractivity (Wildman–Crippen MR) is 120 cm³/mol. The average Bonchev–Trinajstić information content (AvgIpc) is 3.00. The van der Waals surface area contributed by atoms with E-state index in [1.807, 2.05) is 37.3 Å². The third-order valence-corrected chi connectivity index (χ3v) is 7.60. The molecule has 1 aliphatic carbocycles.